The molecule has 1 N–H and O–H groups in total. The van der Waals surface area contributed by atoms with Crippen LogP contribution in [0.4, 0.5) is 0 Å². The number of Topliss-reactive ketones (excluding diaryl/α,β-unsaturated/α-hetero) is 1. The highest BCUT2D eigenvalue weighted by molar-refractivity contribution is 6.46. The van der Waals surface area contributed by atoms with Crippen molar-refractivity contribution in [2.45, 2.75) is 32.9 Å². The Hall–Kier alpha value is -4.30. The van der Waals surface area contributed by atoms with Crippen LogP contribution in [0.1, 0.15) is 41.6 Å². The number of ketones is 1. The van der Waals surface area contributed by atoms with E-state index < -0.39 is 17.7 Å². The molecule has 1 aliphatic rings. The van der Waals surface area contributed by atoms with E-state index in [0.717, 1.165) is 17.5 Å². The van der Waals surface area contributed by atoms with Gasteiger partial charge in [0.05, 0.1) is 25.3 Å². The first-order valence-electron chi connectivity index (χ1n) is 13.8. The van der Waals surface area contributed by atoms with Crippen molar-refractivity contribution < 1.29 is 28.9 Å². The SMILES string of the molecule is CCCOc1cc(C2/C(=C(/O)c3ccc(OCc4ccccc4)c(C)c3)C(=O)C(=O)N2CCN(C)C)ccc1OC. The van der Waals surface area contributed by atoms with Crippen molar-refractivity contribution in [1.29, 1.82) is 0 Å². The molecule has 1 amide bonds. The Morgan fingerprint density at radius 3 is 2.34 bits per heavy atom. The number of aliphatic hydroxyl groups excluding tert-OH is 1. The van der Waals surface area contributed by atoms with Crippen LogP contribution in [0.2, 0.25) is 0 Å². The van der Waals surface area contributed by atoms with E-state index in [-0.39, 0.29) is 11.3 Å². The number of likely N-dealkylation sites (tertiary alicyclic amines) is 1. The summed E-state index contributed by atoms with van der Waals surface area (Å²) in [5, 5.41) is 11.5. The molecule has 3 aromatic rings. The number of methoxy groups -OCH3 is 1. The minimum Gasteiger partial charge on any atom is -0.507 e. The Morgan fingerprint density at radius 1 is 0.951 bits per heavy atom. The summed E-state index contributed by atoms with van der Waals surface area (Å²) in [6.07, 6.45) is 0.805. The maximum Gasteiger partial charge on any atom is 0.295 e. The Balaban J connectivity index is 1.74. The number of carbonyl (C=O) groups excluding carboxylic acids is 2. The molecule has 1 unspecified atom stereocenters. The molecule has 8 heteroatoms. The average molecular weight is 559 g/mol. The first-order chi connectivity index (χ1) is 19.7. The van der Waals surface area contributed by atoms with E-state index in [0.29, 0.717) is 54.7 Å². The van der Waals surface area contributed by atoms with Crippen LogP contribution in [-0.2, 0) is 16.2 Å². The minimum absolute atomic E-state index is 0.0396. The van der Waals surface area contributed by atoms with Gasteiger partial charge in [0, 0.05) is 18.7 Å². The van der Waals surface area contributed by atoms with Gasteiger partial charge in [-0.15, -0.1) is 0 Å². The topological polar surface area (TPSA) is 88.5 Å². The second kappa shape index (κ2) is 13.4. The van der Waals surface area contributed by atoms with Crippen molar-refractivity contribution in [3.05, 3.63) is 94.6 Å². The molecule has 1 atom stereocenters. The molecule has 1 fully saturated rings. The molecular weight excluding hydrogens is 520 g/mol. The van der Waals surface area contributed by atoms with E-state index in [1.54, 1.807) is 43.5 Å². The van der Waals surface area contributed by atoms with Crippen molar-refractivity contribution in [2.75, 3.05) is 40.9 Å². The van der Waals surface area contributed by atoms with E-state index in [9.17, 15) is 14.7 Å². The fourth-order valence-electron chi connectivity index (χ4n) is 4.80. The molecule has 0 bridgehead atoms. The summed E-state index contributed by atoms with van der Waals surface area (Å²) in [5.74, 6) is 0.131. The highest BCUT2D eigenvalue weighted by atomic mass is 16.5. The standard InChI is InChI=1S/C33H38N2O6/c1-6-18-40-28-20-24(12-15-27(28)39-5)30-29(32(37)33(38)35(30)17-16-34(3)4)31(36)25-13-14-26(22(2)19-25)41-21-23-10-8-7-9-11-23/h7-15,19-20,30,36H,6,16-18,21H2,1-5H3/b31-29-. The van der Waals surface area contributed by atoms with Gasteiger partial charge in [-0.05, 0) is 74.5 Å². The summed E-state index contributed by atoms with van der Waals surface area (Å²) in [6, 6.07) is 19.6. The van der Waals surface area contributed by atoms with Crippen LogP contribution in [0, 0.1) is 6.92 Å². The fraction of sp³-hybridized carbons (Fsp3) is 0.333. The van der Waals surface area contributed by atoms with Gasteiger partial charge in [0.2, 0.25) is 0 Å². The largest absolute Gasteiger partial charge is 0.507 e. The van der Waals surface area contributed by atoms with Gasteiger partial charge >= 0.3 is 0 Å². The van der Waals surface area contributed by atoms with E-state index in [1.807, 2.05) is 63.2 Å². The summed E-state index contributed by atoms with van der Waals surface area (Å²) in [6.45, 7) is 5.63. The van der Waals surface area contributed by atoms with Crippen LogP contribution in [0.15, 0.2) is 72.3 Å². The molecule has 1 heterocycles. The van der Waals surface area contributed by atoms with Crippen LogP contribution in [0.25, 0.3) is 5.76 Å². The monoisotopic (exact) mass is 558 g/mol. The number of hydrogen-bond donors (Lipinski definition) is 1. The number of hydrogen-bond acceptors (Lipinski definition) is 7. The zero-order chi connectivity index (χ0) is 29.5. The Morgan fingerprint density at radius 2 is 1.68 bits per heavy atom. The van der Waals surface area contributed by atoms with Gasteiger partial charge in [0.25, 0.3) is 11.7 Å². The van der Waals surface area contributed by atoms with Crippen molar-refractivity contribution in [3.63, 3.8) is 0 Å². The Kier molecular flexibility index (Phi) is 9.68. The number of likely N-dealkylation sites (N-methyl/N-ethyl adjacent to an activating group) is 1. The summed E-state index contributed by atoms with van der Waals surface area (Å²) in [5.41, 5.74) is 2.95. The van der Waals surface area contributed by atoms with Crippen LogP contribution < -0.4 is 14.2 Å². The lowest BCUT2D eigenvalue weighted by Gasteiger charge is -2.27. The summed E-state index contributed by atoms with van der Waals surface area (Å²) in [7, 11) is 5.37. The molecule has 1 aliphatic heterocycles. The molecule has 1 saturated heterocycles. The van der Waals surface area contributed by atoms with Gasteiger partial charge in [-0.1, -0.05) is 43.3 Å². The number of amides is 1. The lowest BCUT2D eigenvalue weighted by molar-refractivity contribution is -0.140. The van der Waals surface area contributed by atoms with Crippen LogP contribution in [0.3, 0.4) is 0 Å². The molecule has 216 valence electrons. The second-order valence-electron chi connectivity index (χ2n) is 10.3. The normalized spacial score (nSPS) is 16.3. The van der Waals surface area contributed by atoms with Gasteiger partial charge in [-0.25, -0.2) is 0 Å². The molecular formula is C33H38N2O6. The number of aliphatic hydroxyl groups is 1. The third-order valence-corrected chi connectivity index (χ3v) is 6.98. The highest BCUT2D eigenvalue weighted by Gasteiger charge is 2.46. The Labute approximate surface area is 241 Å². The van der Waals surface area contributed by atoms with Crippen LogP contribution >= 0.6 is 0 Å². The number of nitrogens with zero attached hydrogens (tertiary/aromatic N) is 2. The third kappa shape index (κ3) is 6.72. The van der Waals surface area contributed by atoms with Crippen molar-refractivity contribution in [2.24, 2.45) is 0 Å². The predicted octanol–water partition coefficient (Wildman–Crippen LogP) is 5.35. The third-order valence-electron chi connectivity index (χ3n) is 6.98. The van der Waals surface area contributed by atoms with E-state index >= 15 is 0 Å². The first-order valence-corrected chi connectivity index (χ1v) is 13.8. The van der Waals surface area contributed by atoms with Gasteiger partial charge in [0.15, 0.2) is 11.5 Å². The van der Waals surface area contributed by atoms with Gasteiger partial charge in [-0.2, -0.15) is 0 Å². The molecule has 8 nitrogen and oxygen atoms in total. The second-order valence-corrected chi connectivity index (χ2v) is 10.3. The molecule has 0 aliphatic carbocycles. The number of carbonyl (C=O) groups is 2. The highest BCUT2D eigenvalue weighted by Crippen LogP contribution is 2.42. The quantitative estimate of drug-likeness (QED) is 0.182. The molecule has 0 spiro atoms. The maximum absolute atomic E-state index is 13.4. The summed E-state index contributed by atoms with van der Waals surface area (Å²) in [4.78, 5) is 30.2. The molecule has 0 saturated carbocycles. The lowest BCUT2D eigenvalue weighted by atomic mass is 9.94. The average Bonchev–Trinajstić information content (AvgIpc) is 3.23. The van der Waals surface area contributed by atoms with Crippen molar-refractivity contribution >= 4 is 17.4 Å². The fourth-order valence-corrected chi connectivity index (χ4v) is 4.80. The zero-order valence-corrected chi connectivity index (χ0v) is 24.3. The number of aryl methyl sites for hydroxylation is 1. The summed E-state index contributed by atoms with van der Waals surface area (Å²) < 4.78 is 17.4. The predicted molar refractivity (Wildman–Crippen MR) is 158 cm³/mol. The van der Waals surface area contributed by atoms with E-state index in [1.165, 1.54) is 4.90 Å². The molecule has 4 rings (SSSR count). The van der Waals surface area contributed by atoms with E-state index in [4.69, 9.17) is 14.2 Å². The number of benzene rings is 3. The van der Waals surface area contributed by atoms with Crippen molar-refractivity contribution in [3.8, 4) is 17.2 Å². The zero-order valence-electron chi connectivity index (χ0n) is 24.3. The smallest absolute Gasteiger partial charge is 0.295 e. The van der Waals surface area contributed by atoms with Crippen molar-refractivity contribution in [1.82, 2.24) is 9.80 Å². The maximum atomic E-state index is 13.4. The molecule has 0 aromatic heterocycles. The molecule has 41 heavy (non-hydrogen) atoms. The van der Waals surface area contributed by atoms with E-state index in [2.05, 4.69) is 0 Å². The minimum atomic E-state index is -0.792. The van der Waals surface area contributed by atoms with Gasteiger partial charge in [0.1, 0.15) is 18.1 Å². The summed E-state index contributed by atoms with van der Waals surface area (Å²) >= 11 is 0. The Bertz CT molecular complexity index is 1420. The van der Waals surface area contributed by atoms with Crippen LogP contribution in [-0.4, -0.2) is 67.5 Å². The molecule has 0 radical (unpaired) electrons. The lowest BCUT2D eigenvalue weighted by Crippen LogP contribution is -2.35. The first kappa shape index (κ1) is 29.7. The number of rotatable bonds is 12. The van der Waals surface area contributed by atoms with Crippen LogP contribution in [0.5, 0.6) is 17.2 Å². The molecule has 3 aromatic carbocycles. The van der Waals surface area contributed by atoms with Gasteiger partial charge < -0.3 is 29.1 Å². The van der Waals surface area contributed by atoms with Gasteiger partial charge in [-0.3, -0.25) is 9.59 Å². The number of ether oxygens (including phenoxy) is 3.